The zero-order valence-corrected chi connectivity index (χ0v) is 10.4. The van der Waals surface area contributed by atoms with Crippen molar-refractivity contribution in [2.75, 3.05) is 6.61 Å². The highest BCUT2D eigenvalue weighted by Gasteiger charge is 2.35. The van der Waals surface area contributed by atoms with Gasteiger partial charge in [0.2, 0.25) is 0 Å². The molecular weight excluding hydrogens is 272 g/mol. The number of nitrogens with one attached hydrogen (secondary N) is 1. The Morgan fingerprint density at radius 3 is 2.75 bits per heavy atom. The van der Waals surface area contributed by atoms with Crippen LogP contribution < -0.4 is 11.2 Å². The molecule has 0 saturated carbocycles. The first-order chi connectivity index (χ1) is 9.42. The number of hydrogen-bond donors (Lipinski definition) is 4. The third kappa shape index (κ3) is 2.79. The summed E-state index contributed by atoms with van der Waals surface area (Å²) < 4.78 is 6.30. The first kappa shape index (κ1) is 14.4. The van der Waals surface area contributed by atoms with E-state index < -0.39 is 48.7 Å². The average Bonchev–Trinajstić information content (AvgIpc) is 2.73. The van der Waals surface area contributed by atoms with Crippen molar-refractivity contribution >= 4 is 5.97 Å². The molecule has 0 unspecified atom stereocenters. The lowest BCUT2D eigenvalue weighted by atomic mass is 10.2. The van der Waals surface area contributed by atoms with E-state index in [1.165, 1.54) is 0 Å². The molecule has 1 aliphatic heterocycles. The SMILES string of the molecule is O=C(O)Cc1cn([C@H]2C[C@@H](O)[C@@H](CO)O2)c(=O)[nH]c1=O. The van der Waals surface area contributed by atoms with Crippen LogP contribution in [0, 0.1) is 0 Å². The number of ether oxygens (including phenoxy) is 1. The minimum atomic E-state index is -1.21. The molecule has 0 aliphatic carbocycles. The highest BCUT2D eigenvalue weighted by Crippen LogP contribution is 2.27. The van der Waals surface area contributed by atoms with Crippen LogP contribution in [0.4, 0.5) is 0 Å². The highest BCUT2D eigenvalue weighted by atomic mass is 16.5. The molecule has 1 aromatic heterocycles. The lowest BCUT2D eigenvalue weighted by molar-refractivity contribution is -0.136. The van der Waals surface area contributed by atoms with Crippen LogP contribution in [0.2, 0.25) is 0 Å². The Morgan fingerprint density at radius 2 is 2.20 bits per heavy atom. The Labute approximate surface area is 112 Å². The van der Waals surface area contributed by atoms with Gasteiger partial charge in [0.25, 0.3) is 5.56 Å². The molecule has 4 N–H and O–H groups in total. The van der Waals surface area contributed by atoms with E-state index in [0.717, 1.165) is 10.8 Å². The van der Waals surface area contributed by atoms with Crippen molar-refractivity contribution in [3.8, 4) is 0 Å². The molecule has 1 aromatic rings. The van der Waals surface area contributed by atoms with Crippen molar-refractivity contribution in [2.45, 2.75) is 31.3 Å². The molecule has 0 bridgehead atoms. The first-order valence-electron chi connectivity index (χ1n) is 5.93. The lowest BCUT2D eigenvalue weighted by Crippen LogP contribution is -2.34. The van der Waals surface area contributed by atoms with Gasteiger partial charge in [-0.05, 0) is 0 Å². The van der Waals surface area contributed by atoms with Gasteiger partial charge in [0.15, 0.2) is 0 Å². The monoisotopic (exact) mass is 286 g/mol. The van der Waals surface area contributed by atoms with Crippen LogP contribution >= 0.6 is 0 Å². The van der Waals surface area contributed by atoms with Crippen LogP contribution in [0.5, 0.6) is 0 Å². The van der Waals surface area contributed by atoms with E-state index in [9.17, 15) is 19.5 Å². The van der Waals surface area contributed by atoms with Crippen molar-refractivity contribution < 1.29 is 24.9 Å². The summed E-state index contributed by atoms with van der Waals surface area (Å²) in [6.07, 6.45) is -1.99. The molecule has 1 aliphatic rings. The maximum Gasteiger partial charge on any atom is 0.330 e. The number of rotatable bonds is 4. The van der Waals surface area contributed by atoms with E-state index in [1.807, 2.05) is 4.98 Å². The second-order valence-electron chi connectivity index (χ2n) is 4.51. The molecule has 9 nitrogen and oxygen atoms in total. The zero-order valence-electron chi connectivity index (χ0n) is 10.4. The first-order valence-corrected chi connectivity index (χ1v) is 5.93. The fourth-order valence-corrected chi connectivity index (χ4v) is 2.08. The third-order valence-corrected chi connectivity index (χ3v) is 3.08. The number of aliphatic carboxylic acids is 1. The van der Waals surface area contributed by atoms with Gasteiger partial charge in [0, 0.05) is 18.2 Å². The minimum Gasteiger partial charge on any atom is -0.481 e. The van der Waals surface area contributed by atoms with Gasteiger partial charge in [-0.2, -0.15) is 0 Å². The summed E-state index contributed by atoms with van der Waals surface area (Å²) >= 11 is 0. The fourth-order valence-electron chi connectivity index (χ4n) is 2.08. The van der Waals surface area contributed by atoms with Crippen LogP contribution in [0.15, 0.2) is 15.8 Å². The second-order valence-corrected chi connectivity index (χ2v) is 4.51. The molecule has 3 atom stereocenters. The number of carboxylic acid groups (broad SMARTS) is 1. The summed E-state index contributed by atoms with van der Waals surface area (Å²) in [4.78, 5) is 35.8. The van der Waals surface area contributed by atoms with Crippen LogP contribution in [0.25, 0.3) is 0 Å². The summed E-state index contributed by atoms with van der Waals surface area (Å²) in [5, 5.41) is 27.3. The fraction of sp³-hybridized carbons (Fsp3) is 0.545. The third-order valence-electron chi connectivity index (χ3n) is 3.08. The van der Waals surface area contributed by atoms with E-state index in [0.29, 0.717) is 0 Å². The van der Waals surface area contributed by atoms with E-state index in [1.54, 1.807) is 0 Å². The van der Waals surface area contributed by atoms with E-state index in [4.69, 9.17) is 14.9 Å². The Hall–Kier alpha value is -1.97. The Morgan fingerprint density at radius 1 is 1.50 bits per heavy atom. The number of hydrogen-bond acceptors (Lipinski definition) is 6. The number of carboxylic acids is 1. The quantitative estimate of drug-likeness (QED) is 0.492. The maximum atomic E-state index is 11.7. The van der Waals surface area contributed by atoms with E-state index in [-0.39, 0.29) is 12.0 Å². The predicted octanol–water partition coefficient (Wildman–Crippen LogP) is -2.20. The molecule has 110 valence electrons. The van der Waals surface area contributed by atoms with Gasteiger partial charge in [0.1, 0.15) is 12.3 Å². The topological polar surface area (TPSA) is 142 Å². The molecule has 0 amide bonds. The highest BCUT2D eigenvalue weighted by molar-refractivity contribution is 5.69. The lowest BCUT2D eigenvalue weighted by Gasteiger charge is -2.14. The normalized spacial score (nSPS) is 25.8. The summed E-state index contributed by atoms with van der Waals surface area (Å²) in [5.74, 6) is -1.21. The number of aromatic amines is 1. The molecular formula is C11H14N2O7. The van der Waals surface area contributed by atoms with Gasteiger partial charge in [0.05, 0.1) is 19.1 Å². The summed E-state index contributed by atoms with van der Waals surface area (Å²) in [6, 6.07) is 0. The van der Waals surface area contributed by atoms with Gasteiger partial charge in [-0.25, -0.2) is 4.79 Å². The van der Waals surface area contributed by atoms with Gasteiger partial charge >= 0.3 is 11.7 Å². The van der Waals surface area contributed by atoms with Gasteiger partial charge in [-0.15, -0.1) is 0 Å². The average molecular weight is 286 g/mol. The zero-order chi connectivity index (χ0) is 14.9. The standard InChI is InChI=1S/C11H14N2O7/c14-4-7-6(15)2-8(20-7)13-3-5(1-9(16)17)10(18)12-11(13)19/h3,6-8,14-15H,1-2,4H2,(H,16,17)(H,12,18,19)/t6-,7-,8-/m1/s1. The summed E-state index contributed by atoms with van der Waals surface area (Å²) in [7, 11) is 0. The van der Waals surface area contributed by atoms with Crippen molar-refractivity contribution in [1.29, 1.82) is 0 Å². The smallest absolute Gasteiger partial charge is 0.330 e. The van der Waals surface area contributed by atoms with Crippen molar-refractivity contribution in [3.63, 3.8) is 0 Å². The molecule has 1 saturated heterocycles. The second kappa shape index (κ2) is 5.57. The molecule has 1 fully saturated rings. The van der Waals surface area contributed by atoms with Gasteiger partial charge in [-0.1, -0.05) is 0 Å². The summed E-state index contributed by atoms with van der Waals surface area (Å²) in [5.41, 5.74) is -1.63. The molecule has 9 heteroatoms. The van der Waals surface area contributed by atoms with Crippen LogP contribution in [0.1, 0.15) is 18.2 Å². The molecule has 2 heterocycles. The van der Waals surface area contributed by atoms with Crippen molar-refractivity contribution in [2.24, 2.45) is 0 Å². The number of H-pyrrole nitrogens is 1. The molecule has 0 aromatic carbocycles. The maximum absolute atomic E-state index is 11.7. The van der Waals surface area contributed by atoms with Crippen molar-refractivity contribution in [3.05, 3.63) is 32.6 Å². The number of carbonyl (C=O) groups is 1. The predicted molar refractivity (Wildman–Crippen MR) is 64.3 cm³/mol. The largest absolute Gasteiger partial charge is 0.481 e. The van der Waals surface area contributed by atoms with Crippen LogP contribution in [-0.2, 0) is 16.0 Å². The van der Waals surface area contributed by atoms with Crippen LogP contribution in [0.3, 0.4) is 0 Å². The van der Waals surface area contributed by atoms with Gasteiger partial charge < -0.3 is 20.1 Å². The Kier molecular flexibility index (Phi) is 4.02. The Bertz CT molecular complexity index is 620. The summed E-state index contributed by atoms with van der Waals surface area (Å²) in [6.45, 7) is -0.405. The molecule has 2 rings (SSSR count). The Balaban J connectivity index is 2.35. The number of aliphatic hydroxyl groups excluding tert-OH is 2. The molecule has 0 radical (unpaired) electrons. The van der Waals surface area contributed by atoms with Crippen LogP contribution in [-0.4, -0.2) is 49.7 Å². The number of aliphatic hydroxyl groups is 2. The number of nitrogens with zero attached hydrogens (tertiary/aromatic N) is 1. The number of aromatic nitrogens is 2. The minimum absolute atomic E-state index is 0.0592. The molecule has 20 heavy (non-hydrogen) atoms. The van der Waals surface area contributed by atoms with E-state index >= 15 is 0 Å². The van der Waals surface area contributed by atoms with Crippen molar-refractivity contribution in [1.82, 2.24) is 9.55 Å². The van der Waals surface area contributed by atoms with E-state index in [2.05, 4.69) is 0 Å². The molecule has 0 spiro atoms. The van der Waals surface area contributed by atoms with Gasteiger partial charge in [-0.3, -0.25) is 19.1 Å².